The van der Waals surface area contributed by atoms with Crippen LogP contribution >= 0.6 is 0 Å². The number of hydrogen-bond acceptors (Lipinski definition) is 8. The average molecular weight is 435 g/mol. The van der Waals surface area contributed by atoms with Crippen LogP contribution in [0.1, 0.15) is 51.0 Å². The molecule has 0 bridgehead atoms. The molecule has 1 aromatic carbocycles. The van der Waals surface area contributed by atoms with Crippen LogP contribution in [0.15, 0.2) is 36.4 Å². The number of esters is 2. The minimum absolute atomic E-state index is 0.0322. The van der Waals surface area contributed by atoms with Gasteiger partial charge in [-0.25, -0.2) is 0 Å². The van der Waals surface area contributed by atoms with Crippen molar-refractivity contribution in [3.05, 3.63) is 52.1 Å². The van der Waals surface area contributed by atoms with E-state index in [0.29, 0.717) is 17.9 Å². The maximum absolute atomic E-state index is 12.0. The Bertz CT molecular complexity index is 773. The standard InChI is InChI=1S/C22H29NO8/c1-3-4-5-6-7-11-22(25)31-19-14-13-18(17-20(19)28-2)10-8-15-29-21(24)12-9-16-30-23(26)27/h4-5,8,10,13-14,17H,3,6-7,9,11-12,15-16H2,1-2H3/b5-4-,10-8+. The van der Waals surface area contributed by atoms with Gasteiger partial charge in [0.15, 0.2) is 11.5 Å². The number of nitrogens with zero attached hydrogens (tertiary/aromatic N) is 1. The predicted molar refractivity (Wildman–Crippen MR) is 114 cm³/mol. The van der Waals surface area contributed by atoms with Gasteiger partial charge in [0.25, 0.3) is 5.09 Å². The monoisotopic (exact) mass is 435 g/mol. The summed E-state index contributed by atoms with van der Waals surface area (Å²) in [7, 11) is 1.49. The highest BCUT2D eigenvalue weighted by molar-refractivity contribution is 5.73. The first-order valence-corrected chi connectivity index (χ1v) is 10.1. The summed E-state index contributed by atoms with van der Waals surface area (Å²) in [5.41, 5.74) is 0.775. The van der Waals surface area contributed by atoms with Crippen molar-refractivity contribution in [1.29, 1.82) is 0 Å². The van der Waals surface area contributed by atoms with Crippen molar-refractivity contribution in [3.63, 3.8) is 0 Å². The van der Waals surface area contributed by atoms with Crippen molar-refractivity contribution < 1.29 is 33.7 Å². The number of hydrogen-bond donors (Lipinski definition) is 0. The number of allylic oxidation sites excluding steroid dienone is 2. The van der Waals surface area contributed by atoms with Gasteiger partial charge in [0, 0.05) is 12.8 Å². The van der Waals surface area contributed by atoms with Crippen LogP contribution in [0.5, 0.6) is 11.5 Å². The molecule has 0 unspecified atom stereocenters. The second-order valence-electron chi connectivity index (χ2n) is 6.40. The zero-order valence-electron chi connectivity index (χ0n) is 17.9. The van der Waals surface area contributed by atoms with Crippen LogP contribution in [0.2, 0.25) is 0 Å². The highest BCUT2D eigenvalue weighted by atomic mass is 16.9. The van der Waals surface area contributed by atoms with Crippen LogP contribution in [-0.4, -0.2) is 37.3 Å². The molecular weight excluding hydrogens is 406 g/mol. The summed E-state index contributed by atoms with van der Waals surface area (Å²) >= 11 is 0. The summed E-state index contributed by atoms with van der Waals surface area (Å²) in [5.74, 6) is -0.0232. The Morgan fingerprint density at radius 1 is 1.06 bits per heavy atom. The Hall–Kier alpha value is -3.36. The molecule has 9 nitrogen and oxygen atoms in total. The molecule has 0 aromatic heterocycles. The van der Waals surface area contributed by atoms with Crippen molar-refractivity contribution in [1.82, 2.24) is 0 Å². The molecule has 0 fully saturated rings. The van der Waals surface area contributed by atoms with Crippen molar-refractivity contribution in [2.24, 2.45) is 0 Å². The number of carbonyl (C=O) groups is 2. The van der Waals surface area contributed by atoms with Crippen LogP contribution in [0.4, 0.5) is 0 Å². The number of unbranched alkanes of at least 4 members (excludes halogenated alkanes) is 1. The third-order valence-electron chi connectivity index (χ3n) is 3.94. The molecule has 0 saturated heterocycles. The number of rotatable bonds is 15. The van der Waals surface area contributed by atoms with Gasteiger partial charge in [-0.15, -0.1) is 10.1 Å². The first-order chi connectivity index (χ1) is 15.0. The lowest BCUT2D eigenvalue weighted by molar-refractivity contribution is -0.757. The van der Waals surface area contributed by atoms with E-state index in [9.17, 15) is 19.7 Å². The molecule has 0 heterocycles. The van der Waals surface area contributed by atoms with Crippen molar-refractivity contribution >= 4 is 18.0 Å². The molecule has 0 N–H and O–H groups in total. The van der Waals surface area contributed by atoms with E-state index in [0.717, 1.165) is 24.8 Å². The Kier molecular flexibility index (Phi) is 12.8. The SMILES string of the molecule is CC/C=C\CCCC(=O)Oc1ccc(/C=C/COC(=O)CCCO[N+](=O)[O-])cc1OC. The van der Waals surface area contributed by atoms with Crippen molar-refractivity contribution in [2.45, 2.75) is 45.4 Å². The molecule has 9 heteroatoms. The molecule has 0 amide bonds. The van der Waals surface area contributed by atoms with E-state index < -0.39 is 11.1 Å². The highest BCUT2D eigenvalue weighted by Gasteiger charge is 2.10. The van der Waals surface area contributed by atoms with E-state index in [2.05, 4.69) is 23.9 Å². The van der Waals surface area contributed by atoms with Gasteiger partial charge in [0.05, 0.1) is 13.7 Å². The fourth-order valence-corrected chi connectivity index (χ4v) is 2.45. The van der Waals surface area contributed by atoms with Crippen LogP contribution < -0.4 is 9.47 Å². The summed E-state index contributed by atoms with van der Waals surface area (Å²) < 4.78 is 15.7. The molecule has 0 saturated carbocycles. The van der Waals surface area contributed by atoms with Crippen molar-refractivity contribution in [2.75, 3.05) is 20.3 Å². The molecule has 1 rings (SSSR count). The lowest BCUT2D eigenvalue weighted by Gasteiger charge is -2.10. The maximum atomic E-state index is 12.0. The zero-order chi connectivity index (χ0) is 22.9. The molecule has 0 aliphatic rings. The van der Waals surface area contributed by atoms with Gasteiger partial charge in [-0.05, 0) is 49.5 Å². The molecule has 0 aliphatic carbocycles. The van der Waals surface area contributed by atoms with Crippen LogP contribution in [0.25, 0.3) is 6.08 Å². The number of ether oxygens (including phenoxy) is 3. The second kappa shape index (κ2) is 15.5. The highest BCUT2D eigenvalue weighted by Crippen LogP contribution is 2.29. The van der Waals surface area contributed by atoms with Gasteiger partial charge in [-0.2, -0.15) is 0 Å². The summed E-state index contributed by atoms with van der Waals surface area (Å²) in [4.78, 5) is 37.6. The lowest BCUT2D eigenvalue weighted by atomic mass is 10.2. The fourth-order valence-electron chi connectivity index (χ4n) is 2.45. The summed E-state index contributed by atoms with van der Waals surface area (Å²) in [6.07, 6.45) is 10.6. The first-order valence-electron chi connectivity index (χ1n) is 10.1. The molecule has 0 radical (unpaired) electrons. The number of benzene rings is 1. The Labute approximate surface area is 181 Å². The van der Waals surface area contributed by atoms with E-state index in [4.69, 9.17) is 14.2 Å². The molecule has 0 atom stereocenters. The smallest absolute Gasteiger partial charge is 0.311 e. The van der Waals surface area contributed by atoms with Crippen molar-refractivity contribution in [3.8, 4) is 11.5 Å². The Morgan fingerprint density at radius 3 is 2.55 bits per heavy atom. The minimum Gasteiger partial charge on any atom is -0.493 e. The third kappa shape index (κ3) is 12.0. The van der Waals surface area contributed by atoms with Gasteiger partial charge in [-0.3, -0.25) is 9.59 Å². The molecule has 31 heavy (non-hydrogen) atoms. The summed E-state index contributed by atoms with van der Waals surface area (Å²) in [6.45, 7) is 1.97. The number of carbonyl (C=O) groups excluding carboxylic acids is 2. The Morgan fingerprint density at radius 2 is 1.84 bits per heavy atom. The largest absolute Gasteiger partial charge is 0.493 e. The van der Waals surface area contributed by atoms with Crippen LogP contribution in [0.3, 0.4) is 0 Å². The third-order valence-corrected chi connectivity index (χ3v) is 3.94. The molecule has 1 aromatic rings. The fraction of sp³-hybridized carbons (Fsp3) is 0.455. The molecule has 0 aliphatic heterocycles. The number of methoxy groups -OCH3 is 1. The van der Waals surface area contributed by atoms with E-state index in [1.807, 2.05) is 0 Å². The molecular formula is C22H29NO8. The van der Waals surface area contributed by atoms with Crippen LogP contribution in [-0.2, 0) is 19.2 Å². The Balaban J connectivity index is 2.44. The average Bonchev–Trinajstić information content (AvgIpc) is 2.74. The second-order valence-corrected chi connectivity index (χ2v) is 6.40. The molecule has 0 spiro atoms. The topological polar surface area (TPSA) is 114 Å². The van der Waals surface area contributed by atoms with E-state index >= 15 is 0 Å². The van der Waals surface area contributed by atoms with Crippen LogP contribution in [0, 0.1) is 10.1 Å². The minimum atomic E-state index is -0.902. The summed E-state index contributed by atoms with van der Waals surface area (Å²) in [6, 6.07) is 5.11. The first kappa shape index (κ1) is 25.7. The maximum Gasteiger partial charge on any atom is 0.311 e. The summed E-state index contributed by atoms with van der Waals surface area (Å²) in [5, 5.41) is 9.10. The van der Waals surface area contributed by atoms with Gasteiger partial charge in [0.1, 0.15) is 6.61 Å². The zero-order valence-corrected chi connectivity index (χ0v) is 17.9. The van der Waals surface area contributed by atoms with Gasteiger partial charge >= 0.3 is 11.9 Å². The molecule has 170 valence electrons. The van der Waals surface area contributed by atoms with E-state index in [1.54, 1.807) is 30.4 Å². The van der Waals surface area contributed by atoms with E-state index in [1.165, 1.54) is 7.11 Å². The predicted octanol–water partition coefficient (Wildman–Crippen LogP) is 4.28. The van der Waals surface area contributed by atoms with Gasteiger partial charge in [0.2, 0.25) is 0 Å². The normalized spacial score (nSPS) is 10.9. The quantitative estimate of drug-likeness (QED) is 0.100. The van der Waals surface area contributed by atoms with Gasteiger partial charge < -0.3 is 19.0 Å². The van der Waals surface area contributed by atoms with Gasteiger partial charge in [-0.1, -0.05) is 31.2 Å². The van der Waals surface area contributed by atoms with E-state index in [-0.39, 0.29) is 32.0 Å². The lowest BCUT2D eigenvalue weighted by Crippen LogP contribution is -2.08.